The molecule has 12 nitrogen and oxygen atoms in total. The number of amides is 2. The number of unbranched alkanes of at least 4 members (excludes halogenated alkanes) is 5. The highest BCUT2D eigenvalue weighted by molar-refractivity contribution is 8.16. The Balaban J connectivity index is -0.000000335. The number of carbonyl (C=O) groups excluding carboxylic acids is 3. The first-order valence-electron chi connectivity index (χ1n) is 22.3. The fraction of sp³-hybridized carbons (Fsp3) is 0.688. The van der Waals surface area contributed by atoms with Crippen molar-refractivity contribution in [3.8, 4) is 5.75 Å². The molecular weight excluding hydrogens is 791 g/mol. The Morgan fingerprint density at radius 3 is 1.84 bits per heavy atom. The number of phenols is 1. The molecule has 1 aromatic rings. The van der Waals surface area contributed by atoms with E-state index in [1.54, 1.807) is 33.1 Å². The summed E-state index contributed by atoms with van der Waals surface area (Å²) in [5.74, 6) is -0.273. The van der Waals surface area contributed by atoms with Crippen LogP contribution in [0.15, 0.2) is 48.0 Å². The number of thioether (sulfide) groups is 1. The molecule has 0 aromatic heterocycles. The van der Waals surface area contributed by atoms with Crippen molar-refractivity contribution in [2.45, 2.75) is 172 Å². The van der Waals surface area contributed by atoms with E-state index in [9.17, 15) is 15.0 Å². The fourth-order valence-corrected chi connectivity index (χ4v) is 6.41. The maximum absolute atomic E-state index is 11.9. The van der Waals surface area contributed by atoms with E-state index in [1.807, 2.05) is 58.4 Å². The molecule has 0 heterocycles. The molecule has 0 aliphatic rings. The van der Waals surface area contributed by atoms with Gasteiger partial charge in [-0.3, -0.25) is 19.8 Å². The highest BCUT2D eigenvalue weighted by Crippen LogP contribution is 2.31. The summed E-state index contributed by atoms with van der Waals surface area (Å²) in [6, 6.07) is 7.27. The van der Waals surface area contributed by atoms with Crippen molar-refractivity contribution in [2.75, 3.05) is 27.2 Å². The smallest absolute Gasteiger partial charge is 0.309 e. The molecule has 0 bridgehead atoms. The Labute approximate surface area is 378 Å². The zero-order valence-electron chi connectivity index (χ0n) is 41.1. The van der Waals surface area contributed by atoms with E-state index in [0.717, 1.165) is 57.0 Å². The molecule has 0 spiro atoms. The summed E-state index contributed by atoms with van der Waals surface area (Å²) in [6.45, 7) is 30.7. The molecule has 0 radical (unpaired) electrons. The van der Waals surface area contributed by atoms with Gasteiger partial charge >= 0.3 is 5.97 Å². The minimum absolute atomic E-state index is 0.0362. The first-order valence-corrected chi connectivity index (χ1v) is 23.2. The van der Waals surface area contributed by atoms with Crippen LogP contribution in [0, 0.1) is 22.7 Å². The molecule has 0 aliphatic heterocycles. The van der Waals surface area contributed by atoms with Gasteiger partial charge in [-0.2, -0.15) is 0 Å². The minimum Gasteiger partial charge on any atom is -0.508 e. The van der Waals surface area contributed by atoms with E-state index in [1.165, 1.54) is 56.5 Å². The van der Waals surface area contributed by atoms with Crippen LogP contribution in [0.4, 0.5) is 0 Å². The predicted molar refractivity (Wildman–Crippen MR) is 263 cm³/mol. The number of rotatable bonds is 25. The Kier molecular flexibility index (Phi) is 57.3. The normalized spacial score (nSPS) is 11.5. The summed E-state index contributed by atoms with van der Waals surface area (Å²) in [4.78, 5) is 40.3. The van der Waals surface area contributed by atoms with Crippen LogP contribution in [0.3, 0.4) is 0 Å². The number of aromatic hydroxyl groups is 1. The monoisotopic (exact) mass is 884 g/mol. The topological polar surface area (TPSA) is 209 Å². The lowest BCUT2D eigenvalue weighted by molar-refractivity contribution is -0.147. The number of ether oxygens (including phenoxy) is 1. The average molecular weight is 884 g/mol. The highest BCUT2D eigenvalue weighted by Gasteiger charge is 2.31. The van der Waals surface area contributed by atoms with Crippen molar-refractivity contribution in [1.82, 2.24) is 10.2 Å². The Morgan fingerprint density at radius 2 is 1.44 bits per heavy atom. The molecule has 0 aliphatic carbocycles. The van der Waals surface area contributed by atoms with Gasteiger partial charge in [-0.05, 0) is 108 Å². The van der Waals surface area contributed by atoms with Crippen LogP contribution in [0.25, 0.3) is 0 Å². The number of carbonyl (C=O) groups is 4. The summed E-state index contributed by atoms with van der Waals surface area (Å²) in [5.41, 5.74) is 9.67. The molecule has 0 saturated heterocycles. The van der Waals surface area contributed by atoms with E-state index in [-0.39, 0.29) is 36.6 Å². The summed E-state index contributed by atoms with van der Waals surface area (Å²) in [6.07, 6.45) is 15.4. The largest absolute Gasteiger partial charge is 0.508 e. The molecule has 61 heavy (non-hydrogen) atoms. The number of nitrogens with one attached hydrogen (secondary N) is 2. The number of primary amides is 2. The second-order valence-corrected chi connectivity index (χ2v) is 15.4. The highest BCUT2D eigenvalue weighted by atomic mass is 32.2. The zero-order chi connectivity index (χ0) is 48.7. The second kappa shape index (κ2) is 50.7. The number of phenolic OH excluding ortho intramolecular Hbond substituents is 1. The van der Waals surface area contributed by atoms with Gasteiger partial charge in [-0.1, -0.05) is 131 Å². The third kappa shape index (κ3) is 42.8. The number of hydrogen-bond donors (Lipinski definition) is 6. The van der Waals surface area contributed by atoms with E-state index >= 15 is 0 Å². The number of aliphatic carboxylic acids is 1. The van der Waals surface area contributed by atoms with Gasteiger partial charge in [0.25, 0.3) is 0 Å². The molecule has 0 saturated carbocycles. The number of benzene rings is 1. The van der Waals surface area contributed by atoms with Crippen molar-refractivity contribution in [2.24, 2.45) is 28.7 Å². The van der Waals surface area contributed by atoms with Gasteiger partial charge in [-0.15, -0.1) is 0 Å². The number of aldehydes is 1. The minimum atomic E-state index is -0.885. The number of nitrogens with zero attached hydrogens (tertiary/aromatic N) is 1. The lowest BCUT2D eigenvalue weighted by Gasteiger charge is -2.39. The molecule has 358 valence electrons. The van der Waals surface area contributed by atoms with Crippen molar-refractivity contribution in [1.29, 1.82) is 5.41 Å². The number of hydrogen-bond acceptors (Lipinski definition) is 10. The molecule has 8 N–H and O–H groups in total. The van der Waals surface area contributed by atoms with E-state index in [0.29, 0.717) is 23.8 Å². The predicted octanol–water partition coefficient (Wildman–Crippen LogP) is 10.8. The first kappa shape index (κ1) is 69.0. The van der Waals surface area contributed by atoms with Crippen molar-refractivity contribution >= 4 is 41.9 Å². The Hall–Kier alpha value is -3.68. The standard InChI is InChI=1S/C35H58N2O4S.C5H13N.C2H4O.2C2H6.2CH3NO/c1-9-11-13-14-21-37(27(5)15-12-10-2)31(26(3)4)24-32(41-8)33(36)42-22-20-29(25-35(6,7)34(39)40)23-28-16-18-30(38)19-17-28;1-3-4-5-6-2;1-2-3;2*1-2;2*2-1-3/h16-20,22,26,29,31-32,36,38H,5,9-15,21,23-25H2,1-4,6-8H3,(H,39,40);6H,3-5H2,1-2H3;2H,1H3;2*1-2H3;2*1H,(H2,2,3)/b22-20+,36-33?;;;;;;. The van der Waals surface area contributed by atoms with Gasteiger partial charge < -0.3 is 41.4 Å². The van der Waals surface area contributed by atoms with Crippen LogP contribution < -0.4 is 16.8 Å². The van der Waals surface area contributed by atoms with Crippen LogP contribution in [-0.4, -0.2) is 84.6 Å². The maximum Gasteiger partial charge on any atom is 0.309 e. The van der Waals surface area contributed by atoms with E-state index in [2.05, 4.69) is 62.9 Å². The van der Waals surface area contributed by atoms with Gasteiger partial charge in [0.1, 0.15) is 18.1 Å². The van der Waals surface area contributed by atoms with Crippen molar-refractivity contribution in [3.05, 3.63) is 53.6 Å². The van der Waals surface area contributed by atoms with Crippen molar-refractivity contribution in [3.63, 3.8) is 0 Å². The van der Waals surface area contributed by atoms with Gasteiger partial charge in [0.05, 0.1) is 10.5 Å². The molecule has 0 fully saturated rings. The van der Waals surface area contributed by atoms with Crippen LogP contribution in [-0.2, 0) is 30.3 Å². The van der Waals surface area contributed by atoms with Crippen LogP contribution in [0.1, 0.15) is 159 Å². The van der Waals surface area contributed by atoms with E-state index < -0.39 is 11.4 Å². The van der Waals surface area contributed by atoms with Crippen LogP contribution in [0.2, 0.25) is 0 Å². The molecule has 2 amide bonds. The Bertz CT molecular complexity index is 1180. The second-order valence-electron chi connectivity index (χ2n) is 14.5. The van der Waals surface area contributed by atoms with E-state index in [4.69, 9.17) is 24.5 Å². The van der Waals surface area contributed by atoms with Gasteiger partial charge in [-0.25, -0.2) is 0 Å². The summed E-state index contributed by atoms with van der Waals surface area (Å²) in [5, 5.41) is 33.7. The molecular formula is C48H93N5O7S. The number of nitrogens with two attached hydrogens (primary N) is 2. The lowest BCUT2D eigenvalue weighted by Crippen LogP contribution is -2.42. The SMILES string of the molecule is C=C(CCCC)N(CCCCCC)C(CC(OC)C(=N)S/C=C/C(Cc1ccc(O)cc1)CC(C)(C)C(=O)O)C(C)C.CC.CC.CC=O.CCCCNC.NC=O.NC=O. The van der Waals surface area contributed by atoms with Gasteiger partial charge in [0.15, 0.2) is 0 Å². The maximum atomic E-state index is 11.9. The van der Waals surface area contributed by atoms with Crippen LogP contribution in [0.5, 0.6) is 5.75 Å². The summed E-state index contributed by atoms with van der Waals surface area (Å²) in [7, 11) is 3.66. The van der Waals surface area contributed by atoms with Gasteiger partial charge in [0, 0.05) is 31.8 Å². The third-order valence-corrected chi connectivity index (χ3v) is 9.60. The van der Waals surface area contributed by atoms with Gasteiger partial charge in [0.2, 0.25) is 12.8 Å². The summed E-state index contributed by atoms with van der Waals surface area (Å²) >= 11 is 1.35. The number of carboxylic acid groups (broad SMARTS) is 1. The number of allylic oxidation sites excluding steroid dienone is 2. The van der Waals surface area contributed by atoms with Crippen molar-refractivity contribution < 1.29 is 34.1 Å². The first-order chi connectivity index (χ1) is 29.0. The van der Waals surface area contributed by atoms with Crippen LogP contribution >= 0.6 is 11.8 Å². The molecule has 3 atom stereocenters. The zero-order valence-corrected chi connectivity index (χ0v) is 41.9. The summed E-state index contributed by atoms with van der Waals surface area (Å²) < 4.78 is 5.89. The molecule has 1 aromatic carbocycles. The third-order valence-electron chi connectivity index (χ3n) is 8.79. The molecule has 13 heteroatoms. The fourth-order valence-electron chi connectivity index (χ4n) is 5.62. The lowest BCUT2D eigenvalue weighted by atomic mass is 9.80. The molecule has 1 rings (SSSR count). The molecule has 3 unspecified atom stereocenters. The quantitative estimate of drug-likeness (QED) is 0.0237. The Morgan fingerprint density at radius 1 is 0.951 bits per heavy atom. The average Bonchev–Trinajstić information content (AvgIpc) is 3.23. The number of carboxylic acids is 1. The number of methoxy groups -OCH3 is 1.